The number of rotatable bonds is 3. The Morgan fingerprint density at radius 1 is 1.37 bits per heavy atom. The number of aromatic carboxylic acids is 1. The molecule has 1 aromatic carbocycles. The highest BCUT2D eigenvalue weighted by atomic mass is 16.5. The first-order chi connectivity index (χ1) is 9.15. The van der Waals surface area contributed by atoms with Crippen molar-refractivity contribution in [3.05, 3.63) is 23.8 Å². The molecule has 3 aliphatic heterocycles. The molecule has 3 aliphatic rings. The number of nitrogen functional groups attached to an aromatic ring is 1. The molecule has 5 nitrogen and oxygen atoms in total. The second-order valence-electron chi connectivity index (χ2n) is 5.32. The fourth-order valence-electron chi connectivity index (χ4n) is 3.05. The number of piperidine rings is 3. The highest BCUT2D eigenvalue weighted by Crippen LogP contribution is 2.34. The molecular formula is C14H18N2O3. The van der Waals surface area contributed by atoms with E-state index in [9.17, 15) is 9.90 Å². The van der Waals surface area contributed by atoms with Gasteiger partial charge in [-0.25, -0.2) is 4.79 Å². The number of carboxylic acids is 1. The Labute approximate surface area is 112 Å². The minimum atomic E-state index is -0.997. The van der Waals surface area contributed by atoms with E-state index >= 15 is 0 Å². The lowest BCUT2D eigenvalue weighted by atomic mass is 9.86. The Morgan fingerprint density at radius 2 is 2.11 bits per heavy atom. The fourth-order valence-corrected chi connectivity index (χ4v) is 3.05. The number of carbonyl (C=O) groups is 1. The van der Waals surface area contributed by atoms with Gasteiger partial charge < -0.3 is 15.6 Å². The average Bonchev–Trinajstić information content (AvgIpc) is 2.42. The van der Waals surface area contributed by atoms with Crippen LogP contribution in [0.4, 0.5) is 5.69 Å². The van der Waals surface area contributed by atoms with E-state index < -0.39 is 5.97 Å². The summed E-state index contributed by atoms with van der Waals surface area (Å²) < 4.78 is 5.96. The summed E-state index contributed by atoms with van der Waals surface area (Å²) in [5.74, 6) is -0.149. The molecule has 1 unspecified atom stereocenters. The highest BCUT2D eigenvalue weighted by molar-refractivity contribution is 5.93. The Balaban J connectivity index is 1.85. The van der Waals surface area contributed by atoms with E-state index in [1.807, 2.05) is 0 Å². The Morgan fingerprint density at radius 3 is 2.68 bits per heavy atom. The van der Waals surface area contributed by atoms with Crippen molar-refractivity contribution in [1.82, 2.24) is 4.90 Å². The van der Waals surface area contributed by atoms with E-state index in [0.717, 1.165) is 32.5 Å². The Hall–Kier alpha value is -1.75. The molecule has 102 valence electrons. The normalized spacial score (nSPS) is 29.2. The molecule has 0 saturated carbocycles. The number of benzene rings is 1. The summed E-state index contributed by atoms with van der Waals surface area (Å²) in [6.07, 6.45) is 2.31. The van der Waals surface area contributed by atoms with E-state index in [1.165, 1.54) is 6.07 Å². The van der Waals surface area contributed by atoms with E-state index in [0.29, 0.717) is 17.4 Å². The van der Waals surface area contributed by atoms with Gasteiger partial charge in [0, 0.05) is 6.54 Å². The smallest absolute Gasteiger partial charge is 0.339 e. The van der Waals surface area contributed by atoms with Crippen LogP contribution in [0.15, 0.2) is 18.2 Å². The Bertz CT molecular complexity index is 495. The van der Waals surface area contributed by atoms with Crippen molar-refractivity contribution in [2.24, 2.45) is 5.92 Å². The molecule has 3 heterocycles. The molecule has 1 aromatic rings. The zero-order chi connectivity index (χ0) is 13.4. The molecule has 4 rings (SSSR count). The predicted molar refractivity (Wildman–Crippen MR) is 71.4 cm³/mol. The highest BCUT2D eigenvalue weighted by Gasteiger charge is 2.36. The van der Waals surface area contributed by atoms with Crippen molar-refractivity contribution >= 4 is 11.7 Å². The molecule has 3 saturated heterocycles. The van der Waals surface area contributed by atoms with Crippen LogP contribution >= 0.6 is 0 Å². The van der Waals surface area contributed by atoms with Crippen LogP contribution in [-0.2, 0) is 0 Å². The second kappa shape index (κ2) is 4.74. The molecule has 3 N–H and O–H groups in total. The Kier molecular flexibility index (Phi) is 3.06. The van der Waals surface area contributed by atoms with Crippen molar-refractivity contribution in [2.45, 2.75) is 18.9 Å². The number of nitrogens with zero attached hydrogens (tertiary/aromatic N) is 1. The zero-order valence-electron chi connectivity index (χ0n) is 10.7. The summed E-state index contributed by atoms with van der Waals surface area (Å²) in [6, 6.07) is 4.86. The third-order valence-electron chi connectivity index (χ3n) is 4.14. The van der Waals surface area contributed by atoms with Crippen LogP contribution in [-0.4, -0.2) is 41.7 Å². The topological polar surface area (TPSA) is 75.8 Å². The maximum Gasteiger partial charge on any atom is 0.339 e. The van der Waals surface area contributed by atoms with Gasteiger partial charge in [-0.05, 0) is 44.0 Å². The third-order valence-corrected chi connectivity index (χ3v) is 4.14. The number of anilines is 1. The molecule has 0 spiro atoms. The van der Waals surface area contributed by atoms with Crippen LogP contribution in [0.3, 0.4) is 0 Å². The lowest BCUT2D eigenvalue weighted by molar-refractivity contribution is -0.00795. The van der Waals surface area contributed by atoms with Gasteiger partial charge in [0.25, 0.3) is 0 Å². The molecular weight excluding hydrogens is 244 g/mol. The summed E-state index contributed by atoms with van der Waals surface area (Å²) in [5.41, 5.74) is 6.42. The molecule has 5 heteroatoms. The van der Waals surface area contributed by atoms with Gasteiger partial charge in [-0.3, -0.25) is 4.90 Å². The minimum absolute atomic E-state index is 0.0605. The first-order valence-electron chi connectivity index (χ1n) is 6.66. The van der Waals surface area contributed by atoms with E-state index in [-0.39, 0.29) is 11.7 Å². The van der Waals surface area contributed by atoms with Gasteiger partial charge in [0.15, 0.2) is 5.75 Å². The maximum absolute atomic E-state index is 11.2. The van der Waals surface area contributed by atoms with Crippen molar-refractivity contribution in [2.75, 3.05) is 25.4 Å². The number of hydrogen-bond acceptors (Lipinski definition) is 4. The number of hydrogen-bond donors (Lipinski definition) is 2. The molecule has 0 aliphatic carbocycles. The lowest BCUT2D eigenvalue weighted by Gasteiger charge is -2.44. The SMILES string of the molecule is Nc1cccc(C(=O)O)c1OC1CN2CCC1CC2. The van der Waals surface area contributed by atoms with Gasteiger partial charge in [0.2, 0.25) is 0 Å². The van der Waals surface area contributed by atoms with Gasteiger partial charge in [-0.15, -0.1) is 0 Å². The molecule has 1 atom stereocenters. The first-order valence-corrected chi connectivity index (χ1v) is 6.66. The summed E-state index contributed by atoms with van der Waals surface area (Å²) in [5, 5.41) is 9.21. The van der Waals surface area contributed by atoms with Gasteiger partial charge in [0.05, 0.1) is 5.69 Å². The second-order valence-corrected chi connectivity index (χ2v) is 5.32. The fraction of sp³-hybridized carbons (Fsp3) is 0.500. The summed E-state index contributed by atoms with van der Waals surface area (Å²) in [4.78, 5) is 13.6. The van der Waals surface area contributed by atoms with Gasteiger partial charge in [-0.2, -0.15) is 0 Å². The summed E-state index contributed by atoms with van der Waals surface area (Å²) in [7, 11) is 0. The van der Waals surface area contributed by atoms with Crippen molar-refractivity contribution in [3.8, 4) is 5.75 Å². The number of fused-ring (bicyclic) bond motifs is 3. The number of para-hydroxylation sites is 1. The van der Waals surface area contributed by atoms with Crippen LogP contribution in [0, 0.1) is 5.92 Å². The molecule has 2 bridgehead atoms. The quantitative estimate of drug-likeness (QED) is 0.806. The summed E-state index contributed by atoms with van der Waals surface area (Å²) in [6.45, 7) is 3.12. The van der Waals surface area contributed by atoms with E-state index in [1.54, 1.807) is 12.1 Å². The monoisotopic (exact) mass is 262 g/mol. The lowest BCUT2D eigenvalue weighted by Crippen LogP contribution is -2.52. The molecule has 0 amide bonds. The third kappa shape index (κ3) is 2.26. The predicted octanol–water partition coefficient (Wildman–Crippen LogP) is 1.44. The van der Waals surface area contributed by atoms with Crippen LogP contribution in [0.2, 0.25) is 0 Å². The largest absolute Gasteiger partial charge is 0.486 e. The maximum atomic E-state index is 11.2. The van der Waals surface area contributed by atoms with Crippen LogP contribution in [0.5, 0.6) is 5.75 Å². The van der Waals surface area contributed by atoms with Crippen molar-refractivity contribution in [3.63, 3.8) is 0 Å². The summed E-state index contributed by atoms with van der Waals surface area (Å²) >= 11 is 0. The standard InChI is InChI=1S/C14H18N2O3/c15-11-3-1-2-10(14(17)18)13(11)19-12-8-16-6-4-9(12)5-7-16/h1-3,9,12H,4-8,15H2,(H,17,18). The van der Waals surface area contributed by atoms with E-state index in [4.69, 9.17) is 10.5 Å². The minimum Gasteiger partial charge on any atom is -0.486 e. The van der Waals surface area contributed by atoms with Gasteiger partial charge in [0.1, 0.15) is 11.7 Å². The average molecular weight is 262 g/mol. The van der Waals surface area contributed by atoms with Gasteiger partial charge >= 0.3 is 5.97 Å². The van der Waals surface area contributed by atoms with E-state index in [2.05, 4.69) is 4.90 Å². The zero-order valence-corrected chi connectivity index (χ0v) is 10.7. The van der Waals surface area contributed by atoms with Crippen LogP contribution in [0.1, 0.15) is 23.2 Å². The van der Waals surface area contributed by atoms with Crippen LogP contribution < -0.4 is 10.5 Å². The van der Waals surface area contributed by atoms with Crippen molar-refractivity contribution < 1.29 is 14.6 Å². The number of ether oxygens (including phenoxy) is 1. The van der Waals surface area contributed by atoms with Gasteiger partial charge in [-0.1, -0.05) is 6.07 Å². The molecule has 0 aromatic heterocycles. The molecule has 0 radical (unpaired) electrons. The molecule has 19 heavy (non-hydrogen) atoms. The number of nitrogens with two attached hydrogens (primary N) is 1. The van der Waals surface area contributed by atoms with Crippen molar-refractivity contribution in [1.29, 1.82) is 0 Å². The molecule has 3 fully saturated rings. The number of carboxylic acid groups (broad SMARTS) is 1. The van der Waals surface area contributed by atoms with Crippen LogP contribution in [0.25, 0.3) is 0 Å². The first kappa shape index (κ1) is 12.3.